The normalized spacial score (nSPS) is 14.2. The Morgan fingerprint density at radius 3 is 2.44 bits per heavy atom. The predicted molar refractivity (Wildman–Crippen MR) is 55.7 cm³/mol. The zero-order valence-electron chi connectivity index (χ0n) is 8.50. The lowest BCUT2D eigenvalue weighted by Crippen LogP contribution is -2.05. The zero-order valence-corrected chi connectivity index (χ0v) is 9.32. The molecule has 1 N–H and O–H groups in total. The van der Waals surface area contributed by atoms with Crippen molar-refractivity contribution in [3.8, 4) is 0 Å². The van der Waals surface area contributed by atoms with Gasteiger partial charge in [0.15, 0.2) is 16.1 Å². The van der Waals surface area contributed by atoms with Crippen LogP contribution in [0.5, 0.6) is 0 Å². The molecule has 16 heavy (non-hydrogen) atoms. The number of sulfone groups is 1. The number of halogens is 1. The van der Waals surface area contributed by atoms with Crippen LogP contribution in [0.3, 0.4) is 0 Å². The van der Waals surface area contributed by atoms with Crippen LogP contribution < -0.4 is 0 Å². The maximum absolute atomic E-state index is 12.6. The van der Waals surface area contributed by atoms with E-state index in [0.717, 1.165) is 35.7 Å². The SMILES string of the molecule is COC(O)/C=C\S(=O)(=O)c1ccc(F)cc1. The summed E-state index contributed by atoms with van der Waals surface area (Å²) < 4.78 is 40.2. The molecule has 0 aromatic heterocycles. The standard InChI is InChI=1S/C10H11FO4S/c1-15-10(12)6-7-16(13,14)9-4-2-8(11)3-5-9/h2-7,10,12H,1H3/b7-6-. The van der Waals surface area contributed by atoms with Crippen molar-refractivity contribution in [2.75, 3.05) is 7.11 Å². The second-order valence-electron chi connectivity index (χ2n) is 2.95. The molecule has 0 aliphatic carbocycles. The third-order valence-corrected chi connectivity index (χ3v) is 3.25. The van der Waals surface area contributed by atoms with Crippen molar-refractivity contribution in [1.82, 2.24) is 0 Å². The first kappa shape index (κ1) is 12.8. The van der Waals surface area contributed by atoms with Gasteiger partial charge in [0.05, 0.1) is 4.90 Å². The van der Waals surface area contributed by atoms with E-state index in [4.69, 9.17) is 5.11 Å². The first-order valence-corrected chi connectivity index (χ1v) is 5.90. The van der Waals surface area contributed by atoms with Crippen molar-refractivity contribution in [2.45, 2.75) is 11.2 Å². The van der Waals surface area contributed by atoms with Gasteiger partial charge < -0.3 is 9.84 Å². The van der Waals surface area contributed by atoms with Crippen molar-refractivity contribution in [3.05, 3.63) is 41.6 Å². The molecule has 0 aliphatic heterocycles. The molecule has 1 aromatic carbocycles. The predicted octanol–water partition coefficient (Wildman–Crippen LogP) is 1.08. The molecule has 0 saturated heterocycles. The van der Waals surface area contributed by atoms with Crippen molar-refractivity contribution in [1.29, 1.82) is 0 Å². The minimum absolute atomic E-state index is 0.0477. The summed E-state index contributed by atoms with van der Waals surface area (Å²) in [5, 5.41) is 9.79. The molecule has 4 nitrogen and oxygen atoms in total. The van der Waals surface area contributed by atoms with Gasteiger partial charge in [0, 0.05) is 12.5 Å². The van der Waals surface area contributed by atoms with E-state index >= 15 is 0 Å². The lowest BCUT2D eigenvalue weighted by Gasteiger charge is -2.02. The first-order chi connectivity index (χ1) is 7.45. The Morgan fingerprint density at radius 2 is 1.94 bits per heavy atom. The molecule has 6 heteroatoms. The molecule has 0 amide bonds. The van der Waals surface area contributed by atoms with E-state index in [2.05, 4.69) is 4.74 Å². The van der Waals surface area contributed by atoms with E-state index in [9.17, 15) is 12.8 Å². The molecular weight excluding hydrogens is 235 g/mol. The van der Waals surface area contributed by atoms with Gasteiger partial charge in [0.2, 0.25) is 0 Å². The highest BCUT2D eigenvalue weighted by Gasteiger charge is 2.10. The minimum atomic E-state index is -3.67. The fourth-order valence-electron chi connectivity index (χ4n) is 0.952. The summed E-state index contributed by atoms with van der Waals surface area (Å²) in [6.45, 7) is 0. The number of ether oxygens (including phenoxy) is 1. The Bertz CT molecular complexity index is 464. The summed E-state index contributed by atoms with van der Waals surface area (Å²) in [5.41, 5.74) is 0. The van der Waals surface area contributed by atoms with Gasteiger partial charge in [-0.05, 0) is 30.3 Å². The number of hydrogen-bond donors (Lipinski definition) is 1. The fourth-order valence-corrected chi connectivity index (χ4v) is 1.97. The summed E-state index contributed by atoms with van der Waals surface area (Å²) in [4.78, 5) is -0.0477. The topological polar surface area (TPSA) is 63.6 Å². The van der Waals surface area contributed by atoms with Gasteiger partial charge in [0.25, 0.3) is 0 Å². The third-order valence-electron chi connectivity index (χ3n) is 1.81. The summed E-state index contributed by atoms with van der Waals surface area (Å²) in [5.74, 6) is -0.514. The number of methoxy groups -OCH3 is 1. The largest absolute Gasteiger partial charge is 0.365 e. The quantitative estimate of drug-likeness (QED) is 0.637. The van der Waals surface area contributed by atoms with Gasteiger partial charge >= 0.3 is 0 Å². The van der Waals surface area contributed by atoms with Crippen molar-refractivity contribution in [2.24, 2.45) is 0 Å². The molecule has 0 aliphatic rings. The molecule has 0 radical (unpaired) electrons. The van der Waals surface area contributed by atoms with E-state index in [0.29, 0.717) is 0 Å². The second-order valence-corrected chi connectivity index (χ2v) is 4.79. The van der Waals surface area contributed by atoms with Gasteiger partial charge in [-0.2, -0.15) is 0 Å². The van der Waals surface area contributed by atoms with E-state index < -0.39 is 21.9 Å². The van der Waals surface area contributed by atoms with Crippen LogP contribution >= 0.6 is 0 Å². The number of benzene rings is 1. The number of rotatable bonds is 4. The lowest BCUT2D eigenvalue weighted by atomic mass is 10.4. The summed E-state index contributed by atoms with van der Waals surface area (Å²) in [6, 6.07) is 4.39. The van der Waals surface area contributed by atoms with Crippen LogP contribution in [-0.2, 0) is 14.6 Å². The molecule has 88 valence electrons. The average Bonchev–Trinajstić information content (AvgIpc) is 2.26. The maximum Gasteiger partial charge on any atom is 0.199 e. The van der Waals surface area contributed by atoms with Crippen molar-refractivity contribution >= 4 is 9.84 Å². The van der Waals surface area contributed by atoms with E-state index in [1.165, 1.54) is 7.11 Å². The Morgan fingerprint density at radius 1 is 1.38 bits per heavy atom. The molecule has 1 aromatic rings. The highest BCUT2D eigenvalue weighted by molar-refractivity contribution is 7.94. The second kappa shape index (κ2) is 5.20. The minimum Gasteiger partial charge on any atom is -0.365 e. The van der Waals surface area contributed by atoms with Gasteiger partial charge in [-0.25, -0.2) is 12.8 Å². The number of hydrogen-bond acceptors (Lipinski definition) is 4. The maximum atomic E-state index is 12.6. The van der Waals surface area contributed by atoms with E-state index in [1.807, 2.05) is 0 Å². The Kier molecular flexibility index (Phi) is 4.17. The van der Waals surface area contributed by atoms with E-state index in [-0.39, 0.29) is 4.90 Å². The fraction of sp³-hybridized carbons (Fsp3) is 0.200. The average molecular weight is 246 g/mol. The van der Waals surface area contributed by atoms with Crippen molar-refractivity contribution in [3.63, 3.8) is 0 Å². The third kappa shape index (κ3) is 3.41. The lowest BCUT2D eigenvalue weighted by molar-refractivity contribution is -0.0355. The van der Waals surface area contributed by atoms with Gasteiger partial charge in [-0.15, -0.1) is 0 Å². The van der Waals surface area contributed by atoms with Crippen LogP contribution in [0, 0.1) is 5.82 Å². The molecular formula is C10H11FO4S. The summed E-state index contributed by atoms with van der Waals surface area (Å²) in [7, 11) is -2.43. The van der Waals surface area contributed by atoms with Crippen LogP contribution in [0.1, 0.15) is 0 Å². The highest BCUT2D eigenvalue weighted by atomic mass is 32.2. The van der Waals surface area contributed by atoms with Gasteiger partial charge in [-0.3, -0.25) is 0 Å². The Labute approximate surface area is 92.9 Å². The molecule has 1 rings (SSSR count). The van der Waals surface area contributed by atoms with Crippen LogP contribution in [-0.4, -0.2) is 26.9 Å². The van der Waals surface area contributed by atoms with E-state index in [1.54, 1.807) is 0 Å². The monoisotopic (exact) mass is 246 g/mol. The summed E-state index contributed by atoms with van der Waals surface area (Å²) in [6.07, 6.45) is -0.297. The van der Waals surface area contributed by atoms with Gasteiger partial charge in [0.1, 0.15) is 5.82 Å². The van der Waals surface area contributed by atoms with Gasteiger partial charge in [-0.1, -0.05) is 0 Å². The van der Waals surface area contributed by atoms with Crippen LogP contribution in [0.15, 0.2) is 40.6 Å². The molecule has 0 fully saturated rings. The van der Waals surface area contributed by atoms with Crippen LogP contribution in [0.4, 0.5) is 4.39 Å². The summed E-state index contributed by atoms with van der Waals surface area (Å²) >= 11 is 0. The van der Waals surface area contributed by atoms with Crippen LogP contribution in [0.2, 0.25) is 0 Å². The molecule has 0 saturated carbocycles. The first-order valence-electron chi connectivity index (χ1n) is 4.35. The highest BCUT2D eigenvalue weighted by Crippen LogP contribution is 2.13. The number of aliphatic hydroxyl groups excluding tert-OH is 1. The molecule has 1 unspecified atom stereocenters. The molecule has 0 spiro atoms. The molecule has 0 bridgehead atoms. The zero-order chi connectivity index (χ0) is 12.2. The molecule has 0 heterocycles. The Balaban J connectivity index is 2.94. The molecule has 1 atom stereocenters. The number of aliphatic hydroxyl groups is 1. The Hall–Kier alpha value is -1.24. The smallest absolute Gasteiger partial charge is 0.199 e. The van der Waals surface area contributed by atoms with Crippen molar-refractivity contribution < 1.29 is 22.7 Å². The van der Waals surface area contributed by atoms with Crippen LogP contribution in [0.25, 0.3) is 0 Å².